The summed E-state index contributed by atoms with van der Waals surface area (Å²) >= 11 is 0. The third-order valence-electron chi connectivity index (χ3n) is 1.39. The number of halogens is 2. The number of hydrogen-bond acceptors (Lipinski definition) is 1. The fourth-order valence-corrected chi connectivity index (χ4v) is 0.844. The quantitative estimate of drug-likeness (QED) is 0.679. The Morgan fingerprint density at radius 2 is 1.83 bits per heavy atom. The molecule has 0 spiro atoms. The van der Waals surface area contributed by atoms with Gasteiger partial charge in [-0.05, 0) is 6.92 Å². The number of benzene rings is 1. The lowest BCUT2D eigenvalue weighted by molar-refractivity contribution is -0.242. The molecule has 0 N–H and O–H groups in total. The zero-order valence-electron chi connectivity index (χ0n) is 6.47. The zero-order valence-corrected chi connectivity index (χ0v) is 6.47. The summed E-state index contributed by atoms with van der Waals surface area (Å²) in [6, 6.07) is 7.38. The molecule has 0 aromatic heterocycles. The van der Waals surface area contributed by atoms with Crippen molar-refractivity contribution in [2.75, 3.05) is 6.61 Å². The summed E-state index contributed by atoms with van der Waals surface area (Å²) in [7, 11) is 0. The average Bonchev–Trinajstić information content (AvgIpc) is 2.06. The number of rotatable bonds is 3. The maximum Gasteiger partial charge on any atom is 0.383 e. The van der Waals surface area contributed by atoms with Crippen molar-refractivity contribution in [1.29, 1.82) is 0 Å². The van der Waals surface area contributed by atoms with Gasteiger partial charge in [0.25, 0.3) is 0 Å². The number of hydrogen-bond donors (Lipinski definition) is 0. The minimum absolute atomic E-state index is 0.145. The summed E-state index contributed by atoms with van der Waals surface area (Å²) < 4.78 is 30.0. The molecule has 0 atom stereocenters. The first-order chi connectivity index (χ1) is 5.67. The van der Waals surface area contributed by atoms with Crippen LogP contribution in [0, 0.1) is 6.92 Å². The normalized spacial score (nSPS) is 11.6. The van der Waals surface area contributed by atoms with Gasteiger partial charge in [0.1, 0.15) is 0 Å². The van der Waals surface area contributed by atoms with Crippen LogP contribution < -0.4 is 0 Å². The standard InChI is InChI=1S/C9H9F2O/c1-2-12-9(10,11)8-6-4-3-5-7-8/h3-7H,1-2H2. The van der Waals surface area contributed by atoms with Crippen LogP contribution in [-0.2, 0) is 10.8 Å². The molecule has 0 heterocycles. The molecule has 0 aliphatic heterocycles. The van der Waals surface area contributed by atoms with Gasteiger partial charge in [0, 0.05) is 0 Å². The summed E-state index contributed by atoms with van der Waals surface area (Å²) in [4.78, 5) is 0. The van der Waals surface area contributed by atoms with Crippen LogP contribution in [0.25, 0.3) is 0 Å². The van der Waals surface area contributed by atoms with Gasteiger partial charge in [-0.2, -0.15) is 8.78 Å². The van der Waals surface area contributed by atoms with Gasteiger partial charge in [-0.1, -0.05) is 30.3 Å². The topological polar surface area (TPSA) is 9.23 Å². The van der Waals surface area contributed by atoms with Gasteiger partial charge < -0.3 is 4.74 Å². The Morgan fingerprint density at radius 3 is 2.33 bits per heavy atom. The highest BCUT2D eigenvalue weighted by Gasteiger charge is 2.31. The van der Waals surface area contributed by atoms with Crippen LogP contribution in [0.15, 0.2) is 30.3 Å². The van der Waals surface area contributed by atoms with E-state index in [-0.39, 0.29) is 12.2 Å². The minimum atomic E-state index is -3.22. The molecule has 1 rings (SSSR count). The molecule has 0 unspecified atom stereocenters. The fourth-order valence-electron chi connectivity index (χ4n) is 0.844. The Kier molecular flexibility index (Phi) is 2.76. The molecule has 0 amide bonds. The molecule has 0 aliphatic carbocycles. The lowest BCUT2D eigenvalue weighted by Gasteiger charge is -2.15. The van der Waals surface area contributed by atoms with Crippen LogP contribution in [0.3, 0.4) is 0 Å². The van der Waals surface area contributed by atoms with Crippen molar-refractivity contribution in [2.45, 2.75) is 6.11 Å². The van der Waals surface area contributed by atoms with Crippen LogP contribution in [-0.4, -0.2) is 6.61 Å². The van der Waals surface area contributed by atoms with Gasteiger partial charge in [0.05, 0.1) is 12.2 Å². The third-order valence-corrected chi connectivity index (χ3v) is 1.39. The minimum Gasteiger partial charge on any atom is -0.317 e. The van der Waals surface area contributed by atoms with Crippen LogP contribution in [0.4, 0.5) is 8.78 Å². The Balaban J connectivity index is 2.82. The Labute approximate surface area is 70.0 Å². The van der Waals surface area contributed by atoms with Crippen LogP contribution in [0.5, 0.6) is 0 Å². The molecule has 0 saturated heterocycles. The SMILES string of the molecule is [CH2]COC(F)(F)c1ccccc1. The molecule has 1 aromatic carbocycles. The van der Waals surface area contributed by atoms with E-state index < -0.39 is 6.11 Å². The number of ether oxygens (including phenoxy) is 1. The van der Waals surface area contributed by atoms with Crippen molar-refractivity contribution < 1.29 is 13.5 Å². The molecule has 1 aromatic rings. The predicted molar refractivity (Wildman–Crippen MR) is 41.6 cm³/mol. The molecule has 3 heteroatoms. The summed E-state index contributed by atoms with van der Waals surface area (Å²) in [5, 5.41) is 0. The molecule has 1 radical (unpaired) electrons. The molecule has 0 aliphatic rings. The Morgan fingerprint density at radius 1 is 1.25 bits per heavy atom. The van der Waals surface area contributed by atoms with Crippen molar-refractivity contribution in [3.63, 3.8) is 0 Å². The van der Waals surface area contributed by atoms with Crippen LogP contribution >= 0.6 is 0 Å². The molecule has 65 valence electrons. The van der Waals surface area contributed by atoms with E-state index in [2.05, 4.69) is 11.7 Å². The summed E-state index contributed by atoms with van der Waals surface area (Å²) in [6.45, 7) is 2.95. The second-order valence-corrected chi connectivity index (χ2v) is 2.23. The van der Waals surface area contributed by atoms with Gasteiger partial charge in [-0.15, -0.1) is 0 Å². The lowest BCUT2D eigenvalue weighted by Crippen LogP contribution is -2.17. The van der Waals surface area contributed by atoms with E-state index in [0.717, 1.165) is 0 Å². The highest BCUT2D eigenvalue weighted by Crippen LogP contribution is 2.28. The van der Waals surface area contributed by atoms with E-state index >= 15 is 0 Å². The highest BCUT2D eigenvalue weighted by molar-refractivity contribution is 5.17. The van der Waals surface area contributed by atoms with Gasteiger partial charge >= 0.3 is 6.11 Å². The van der Waals surface area contributed by atoms with Gasteiger partial charge in [0.15, 0.2) is 0 Å². The molecule has 0 saturated carbocycles. The molecule has 0 bridgehead atoms. The first-order valence-electron chi connectivity index (χ1n) is 3.53. The first-order valence-corrected chi connectivity index (χ1v) is 3.53. The van der Waals surface area contributed by atoms with Crippen molar-refractivity contribution in [3.8, 4) is 0 Å². The zero-order chi connectivity index (χ0) is 9.03. The molecule has 0 fully saturated rings. The maximum atomic E-state index is 12.9. The van der Waals surface area contributed by atoms with Crippen molar-refractivity contribution in [3.05, 3.63) is 42.8 Å². The second kappa shape index (κ2) is 3.63. The average molecular weight is 171 g/mol. The van der Waals surface area contributed by atoms with Crippen LogP contribution in [0.1, 0.15) is 5.56 Å². The van der Waals surface area contributed by atoms with Crippen molar-refractivity contribution in [2.24, 2.45) is 0 Å². The largest absolute Gasteiger partial charge is 0.383 e. The smallest absolute Gasteiger partial charge is 0.317 e. The van der Waals surface area contributed by atoms with E-state index in [1.165, 1.54) is 24.3 Å². The van der Waals surface area contributed by atoms with Gasteiger partial charge in [0.2, 0.25) is 0 Å². The fraction of sp³-hybridized carbons (Fsp3) is 0.222. The van der Waals surface area contributed by atoms with Crippen LogP contribution in [0.2, 0.25) is 0 Å². The summed E-state index contributed by atoms with van der Waals surface area (Å²) in [5.74, 6) is 0. The Hall–Kier alpha value is -0.960. The van der Waals surface area contributed by atoms with E-state index in [1.54, 1.807) is 6.07 Å². The van der Waals surface area contributed by atoms with Gasteiger partial charge in [-0.25, -0.2) is 0 Å². The van der Waals surface area contributed by atoms with Crippen molar-refractivity contribution in [1.82, 2.24) is 0 Å². The van der Waals surface area contributed by atoms with E-state index in [1.807, 2.05) is 0 Å². The predicted octanol–water partition coefficient (Wildman–Crippen LogP) is 2.59. The molecule has 12 heavy (non-hydrogen) atoms. The third kappa shape index (κ3) is 2.01. The first kappa shape index (κ1) is 9.13. The van der Waals surface area contributed by atoms with Gasteiger partial charge in [-0.3, -0.25) is 0 Å². The highest BCUT2D eigenvalue weighted by atomic mass is 19.3. The second-order valence-electron chi connectivity index (χ2n) is 2.23. The lowest BCUT2D eigenvalue weighted by atomic mass is 10.2. The van der Waals surface area contributed by atoms with E-state index in [9.17, 15) is 8.78 Å². The summed E-state index contributed by atoms with van der Waals surface area (Å²) in [6.07, 6.45) is -3.22. The number of alkyl halides is 2. The monoisotopic (exact) mass is 171 g/mol. The van der Waals surface area contributed by atoms with E-state index in [0.29, 0.717) is 0 Å². The maximum absolute atomic E-state index is 12.9. The molecule has 1 nitrogen and oxygen atoms in total. The molecular weight excluding hydrogens is 162 g/mol. The molecular formula is C9H9F2O. The summed E-state index contributed by atoms with van der Waals surface area (Å²) in [5.41, 5.74) is -0.145. The van der Waals surface area contributed by atoms with Crippen molar-refractivity contribution >= 4 is 0 Å². The van der Waals surface area contributed by atoms with E-state index in [4.69, 9.17) is 0 Å². The Bertz CT molecular complexity index is 234.